The van der Waals surface area contributed by atoms with Gasteiger partial charge in [0.15, 0.2) is 0 Å². The van der Waals surface area contributed by atoms with Crippen molar-refractivity contribution in [3.8, 4) is 0 Å². The third-order valence-corrected chi connectivity index (χ3v) is 5.91. The summed E-state index contributed by atoms with van der Waals surface area (Å²) in [6.07, 6.45) is 3.46. The maximum Gasteiger partial charge on any atom is 0.501 e. The number of benzene rings is 1. The first kappa shape index (κ1) is 18.7. The number of nitrogens with zero attached hydrogens (tertiary/aromatic N) is 3. The van der Waals surface area contributed by atoms with Gasteiger partial charge in [0.25, 0.3) is 9.84 Å². The quantitative estimate of drug-likeness (QED) is 0.810. The maximum absolute atomic E-state index is 12.6. The topological polar surface area (TPSA) is 53.5 Å². The lowest BCUT2D eigenvalue weighted by molar-refractivity contribution is -0.0436. The number of hydrogen-bond acceptors (Lipinski definition) is 5. The van der Waals surface area contributed by atoms with E-state index in [4.69, 9.17) is 0 Å². The molecule has 0 saturated carbocycles. The van der Waals surface area contributed by atoms with Crippen LogP contribution in [0, 0.1) is 0 Å². The third-order valence-electron chi connectivity index (χ3n) is 4.41. The molecule has 0 amide bonds. The van der Waals surface area contributed by atoms with Crippen LogP contribution >= 0.6 is 0 Å². The summed E-state index contributed by atoms with van der Waals surface area (Å²) in [4.78, 5) is 7.49. The van der Waals surface area contributed by atoms with Gasteiger partial charge < -0.3 is 4.90 Å². The van der Waals surface area contributed by atoms with Crippen LogP contribution in [0.15, 0.2) is 53.7 Å². The lowest BCUT2D eigenvalue weighted by atomic mass is 10.2. The van der Waals surface area contributed by atoms with E-state index in [-0.39, 0.29) is 6.04 Å². The van der Waals surface area contributed by atoms with E-state index in [1.807, 2.05) is 17.0 Å². The van der Waals surface area contributed by atoms with Crippen LogP contribution in [0.3, 0.4) is 0 Å². The molecule has 0 spiro atoms. The molecule has 26 heavy (non-hydrogen) atoms. The van der Waals surface area contributed by atoms with Crippen LogP contribution in [-0.2, 0) is 16.4 Å². The zero-order valence-electron chi connectivity index (χ0n) is 14.0. The second-order valence-electron chi connectivity index (χ2n) is 6.26. The fraction of sp³-hybridized carbons (Fsp3) is 0.353. The van der Waals surface area contributed by atoms with Crippen molar-refractivity contribution in [1.82, 2.24) is 9.88 Å². The molecule has 1 saturated heterocycles. The molecule has 2 aromatic rings. The normalized spacial score (nSPS) is 19.1. The lowest BCUT2D eigenvalue weighted by Gasteiger charge is -2.21. The first-order chi connectivity index (χ1) is 12.2. The molecule has 1 atom stereocenters. The molecule has 0 radical (unpaired) electrons. The van der Waals surface area contributed by atoms with Crippen molar-refractivity contribution >= 4 is 15.5 Å². The van der Waals surface area contributed by atoms with E-state index in [0.717, 1.165) is 24.2 Å². The van der Waals surface area contributed by atoms with E-state index in [1.165, 1.54) is 12.1 Å². The van der Waals surface area contributed by atoms with Crippen LogP contribution < -0.4 is 4.90 Å². The Morgan fingerprint density at radius 3 is 2.31 bits per heavy atom. The molecule has 0 unspecified atom stereocenters. The molecular formula is C17H18F3N3O2S. The highest BCUT2D eigenvalue weighted by molar-refractivity contribution is 7.92. The molecule has 1 aliphatic heterocycles. The predicted octanol–water partition coefficient (Wildman–Crippen LogP) is 3.04. The molecule has 1 aromatic heterocycles. The number of hydrogen-bond donors (Lipinski definition) is 0. The Hall–Kier alpha value is -2.13. The molecular weight excluding hydrogens is 367 g/mol. The van der Waals surface area contributed by atoms with Gasteiger partial charge in [-0.25, -0.2) is 8.42 Å². The molecule has 0 N–H and O–H groups in total. The van der Waals surface area contributed by atoms with Crippen molar-refractivity contribution in [2.45, 2.75) is 29.9 Å². The summed E-state index contributed by atoms with van der Waals surface area (Å²) < 4.78 is 60.7. The number of rotatable bonds is 4. The van der Waals surface area contributed by atoms with Crippen LogP contribution in [0.4, 0.5) is 18.9 Å². The van der Waals surface area contributed by atoms with Crippen LogP contribution in [0.25, 0.3) is 0 Å². The highest BCUT2D eigenvalue weighted by Gasteiger charge is 2.46. The second-order valence-corrected chi connectivity index (χ2v) is 8.20. The highest BCUT2D eigenvalue weighted by Crippen LogP contribution is 2.32. The molecule has 1 aromatic carbocycles. The fourth-order valence-electron chi connectivity index (χ4n) is 2.94. The number of pyridine rings is 1. The number of alkyl halides is 3. The summed E-state index contributed by atoms with van der Waals surface area (Å²) in [6.45, 7) is 4.12. The maximum atomic E-state index is 12.6. The Labute approximate surface area is 150 Å². The van der Waals surface area contributed by atoms with Gasteiger partial charge >= 0.3 is 5.51 Å². The van der Waals surface area contributed by atoms with E-state index in [2.05, 4.69) is 16.8 Å². The van der Waals surface area contributed by atoms with E-state index in [9.17, 15) is 21.6 Å². The van der Waals surface area contributed by atoms with Gasteiger partial charge in [0, 0.05) is 37.2 Å². The van der Waals surface area contributed by atoms with Crippen molar-refractivity contribution in [2.75, 3.05) is 18.1 Å². The third kappa shape index (κ3) is 3.68. The SMILES string of the molecule is C[C@@H]1CN(c2ccc(S(=O)(=O)C(F)(F)F)cc2)CN1Cc1ccncc1. The van der Waals surface area contributed by atoms with Crippen LogP contribution in [0.5, 0.6) is 0 Å². The minimum Gasteiger partial charge on any atom is -0.357 e. The minimum absolute atomic E-state index is 0.252. The average Bonchev–Trinajstić information content (AvgIpc) is 2.96. The summed E-state index contributed by atoms with van der Waals surface area (Å²) in [5.41, 5.74) is -3.48. The van der Waals surface area contributed by atoms with Gasteiger partial charge in [-0.15, -0.1) is 0 Å². The van der Waals surface area contributed by atoms with Crippen LogP contribution in [-0.4, -0.2) is 43.1 Å². The monoisotopic (exact) mass is 385 g/mol. The van der Waals surface area contributed by atoms with Gasteiger partial charge in [0.2, 0.25) is 0 Å². The second kappa shape index (κ2) is 6.88. The average molecular weight is 385 g/mol. The van der Waals surface area contributed by atoms with E-state index in [0.29, 0.717) is 18.9 Å². The highest BCUT2D eigenvalue weighted by atomic mass is 32.2. The Balaban J connectivity index is 1.73. The van der Waals surface area contributed by atoms with Crippen molar-refractivity contribution in [3.05, 3.63) is 54.4 Å². The largest absolute Gasteiger partial charge is 0.501 e. The molecule has 3 rings (SSSR count). The smallest absolute Gasteiger partial charge is 0.357 e. The van der Waals surface area contributed by atoms with Crippen LogP contribution in [0.1, 0.15) is 12.5 Å². The predicted molar refractivity (Wildman–Crippen MR) is 91.1 cm³/mol. The van der Waals surface area contributed by atoms with E-state index in [1.54, 1.807) is 12.4 Å². The van der Waals surface area contributed by atoms with Gasteiger partial charge in [0.05, 0.1) is 11.6 Å². The summed E-state index contributed by atoms with van der Waals surface area (Å²) in [7, 11) is -5.31. The van der Waals surface area contributed by atoms with E-state index >= 15 is 0 Å². The molecule has 5 nitrogen and oxygen atoms in total. The number of anilines is 1. The van der Waals surface area contributed by atoms with Gasteiger partial charge in [-0.2, -0.15) is 13.2 Å². The number of aromatic nitrogens is 1. The molecule has 9 heteroatoms. The molecule has 2 heterocycles. The lowest BCUT2D eigenvalue weighted by Crippen LogP contribution is -2.28. The van der Waals surface area contributed by atoms with Gasteiger partial charge in [0.1, 0.15) is 0 Å². The summed E-state index contributed by atoms with van der Waals surface area (Å²) in [5, 5.41) is 0. The Morgan fingerprint density at radius 2 is 1.73 bits per heavy atom. The minimum atomic E-state index is -5.31. The Bertz CT molecular complexity index is 855. The standard InChI is InChI=1S/C17H18F3N3O2S/c1-13-10-23(12-22(13)11-14-6-8-21-9-7-14)15-2-4-16(5-3-15)26(24,25)17(18,19)20/h2-9,13H,10-12H2,1H3/t13-/m1/s1. The molecule has 1 aliphatic rings. The van der Waals surface area contributed by atoms with Crippen molar-refractivity contribution < 1.29 is 21.6 Å². The van der Waals surface area contributed by atoms with Crippen LogP contribution in [0.2, 0.25) is 0 Å². The zero-order valence-corrected chi connectivity index (χ0v) is 14.8. The summed E-state index contributed by atoms with van der Waals surface area (Å²) in [6, 6.07) is 8.98. The van der Waals surface area contributed by atoms with E-state index < -0.39 is 20.2 Å². The fourth-order valence-corrected chi connectivity index (χ4v) is 3.70. The first-order valence-corrected chi connectivity index (χ1v) is 9.46. The molecule has 0 bridgehead atoms. The van der Waals surface area contributed by atoms with Gasteiger partial charge in [-0.05, 0) is 48.9 Å². The molecule has 0 aliphatic carbocycles. The number of sulfone groups is 1. The Kier molecular flexibility index (Phi) is 4.94. The Morgan fingerprint density at radius 1 is 1.12 bits per heavy atom. The number of halogens is 3. The van der Waals surface area contributed by atoms with Gasteiger partial charge in [-0.1, -0.05) is 0 Å². The summed E-state index contributed by atoms with van der Waals surface area (Å²) >= 11 is 0. The first-order valence-electron chi connectivity index (χ1n) is 7.98. The van der Waals surface area contributed by atoms with Crippen molar-refractivity contribution in [3.63, 3.8) is 0 Å². The van der Waals surface area contributed by atoms with Crippen molar-refractivity contribution in [1.29, 1.82) is 0 Å². The van der Waals surface area contributed by atoms with Crippen molar-refractivity contribution in [2.24, 2.45) is 0 Å². The molecule has 1 fully saturated rings. The molecule has 140 valence electrons. The summed E-state index contributed by atoms with van der Waals surface area (Å²) in [5.74, 6) is 0. The zero-order chi connectivity index (χ0) is 18.9. The van der Waals surface area contributed by atoms with Gasteiger partial charge in [-0.3, -0.25) is 9.88 Å².